The number of nitrogen functional groups attached to an aromatic ring is 1. The zero-order valence-electron chi connectivity index (χ0n) is 13.1. The zero-order valence-corrected chi connectivity index (χ0v) is 13.1. The third-order valence-corrected chi connectivity index (χ3v) is 2.88. The Morgan fingerprint density at radius 1 is 1.14 bits per heavy atom. The summed E-state index contributed by atoms with van der Waals surface area (Å²) >= 11 is 0. The van der Waals surface area contributed by atoms with Gasteiger partial charge in [0.15, 0.2) is 0 Å². The van der Waals surface area contributed by atoms with E-state index < -0.39 is 11.7 Å². The molecular formula is C17H21N3O2. The molecule has 0 aliphatic heterocycles. The largest absolute Gasteiger partial charge is 0.444 e. The molecule has 0 radical (unpaired) electrons. The van der Waals surface area contributed by atoms with E-state index in [-0.39, 0.29) is 0 Å². The van der Waals surface area contributed by atoms with Crippen LogP contribution in [0.25, 0.3) is 11.1 Å². The highest BCUT2D eigenvalue weighted by Crippen LogP contribution is 2.19. The van der Waals surface area contributed by atoms with Gasteiger partial charge in [-0.05, 0) is 44.5 Å². The Morgan fingerprint density at radius 2 is 1.77 bits per heavy atom. The number of nitrogens with zero attached hydrogens (tertiary/aromatic N) is 1. The summed E-state index contributed by atoms with van der Waals surface area (Å²) in [6.07, 6.45) is 1.33. The smallest absolute Gasteiger partial charge is 0.407 e. The highest BCUT2D eigenvalue weighted by molar-refractivity contribution is 5.68. The Labute approximate surface area is 130 Å². The Bertz CT molecular complexity index is 628. The highest BCUT2D eigenvalue weighted by atomic mass is 16.6. The molecule has 0 fully saturated rings. The number of ether oxygens (including phenoxy) is 1. The number of rotatable bonds is 3. The van der Waals surface area contributed by atoms with E-state index in [9.17, 15) is 4.79 Å². The molecule has 0 saturated carbocycles. The lowest BCUT2D eigenvalue weighted by Gasteiger charge is -2.19. The average molecular weight is 299 g/mol. The molecule has 2 rings (SSSR count). The molecule has 1 aromatic heterocycles. The normalized spacial score (nSPS) is 11.0. The van der Waals surface area contributed by atoms with Crippen LogP contribution in [0.1, 0.15) is 26.5 Å². The van der Waals surface area contributed by atoms with Crippen LogP contribution in [0.15, 0.2) is 42.6 Å². The summed E-state index contributed by atoms with van der Waals surface area (Å²) in [7, 11) is 0. The summed E-state index contributed by atoms with van der Waals surface area (Å²) in [5.41, 5.74) is 8.72. The molecule has 2 aromatic rings. The van der Waals surface area contributed by atoms with Crippen molar-refractivity contribution in [1.82, 2.24) is 10.3 Å². The molecular weight excluding hydrogens is 278 g/mol. The molecule has 0 unspecified atom stereocenters. The molecule has 0 atom stereocenters. The summed E-state index contributed by atoms with van der Waals surface area (Å²) in [6, 6.07) is 11.4. The summed E-state index contributed by atoms with van der Waals surface area (Å²) in [5, 5.41) is 2.68. The second-order valence-electron chi connectivity index (χ2n) is 6.02. The fourth-order valence-corrected chi connectivity index (χ4v) is 1.85. The lowest BCUT2D eigenvalue weighted by molar-refractivity contribution is 0.0523. The third kappa shape index (κ3) is 4.77. The fraction of sp³-hybridized carbons (Fsp3) is 0.294. The standard InChI is InChI=1S/C17H21N3O2/c1-17(2,3)22-16(21)20-11-15-9-6-13(10-19-15)12-4-7-14(18)8-5-12/h4-10H,11,18H2,1-3H3,(H,20,21). The minimum Gasteiger partial charge on any atom is -0.444 e. The van der Waals surface area contributed by atoms with Crippen LogP contribution in [0.5, 0.6) is 0 Å². The number of nitrogens with two attached hydrogens (primary N) is 1. The first-order chi connectivity index (χ1) is 10.3. The van der Waals surface area contributed by atoms with E-state index in [1.165, 1.54) is 0 Å². The van der Waals surface area contributed by atoms with Crippen molar-refractivity contribution in [1.29, 1.82) is 0 Å². The molecule has 5 heteroatoms. The predicted octanol–water partition coefficient (Wildman–Crippen LogP) is 3.36. The Morgan fingerprint density at radius 3 is 2.32 bits per heavy atom. The van der Waals surface area contributed by atoms with Gasteiger partial charge in [-0.3, -0.25) is 4.98 Å². The third-order valence-electron chi connectivity index (χ3n) is 2.88. The lowest BCUT2D eigenvalue weighted by Crippen LogP contribution is -2.32. The Kier molecular flexibility index (Phi) is 4.65. The van der Waals surface area contributed by atoms with Crippen molar-refractivity contribution in [2.24, 2.45) is 0 Å². The van der Waals surface area contributed by atoms with E-state index in [4.69, 9.17) is 10.5 Å². The molecule has 0 aliphatic carbocycles. The number of carbonyl (C=O) groups is 1. The van der Waals surface area contributed by atoms with Gasteiger partial charge in [0.25, 0.3) is 0 Å². The molecule has 5 nitrogen and oxygen atoms in total. The number of nitrogens with one attached hydrogen (secondary N) is 1. The van der Waals surface area contributed by atoms with E-state index >= 15 is 0 Å². The predicted molar refractivity (Wildman–Crippen MR) is 87.2 cm³/mol. The van der Waals surface area contributed by atoms with Crippen LogP contribution >= 0.6 is 0 Å². The van der Waals surface area contributed by atoms with Crippen molar-refractivity contribution < 1.29 is 9.53 Å². The van der Waals surface area contributed by atoms with Crippen molar-refractivity contribution >= 4 is 11.8 Å². The molecule has 116 valence electrons. The molecule has 1 aromatic carbocycles. The average Bonchev–Trinajstić information content (AvgIpc) is 2.45. The number of alkyl carbamates (subject to hydrolysis) is 1. The minimum atomic E-state index is -0.503. The van der Waals surface area contributed by atoms with Crippen LogP contribution in [0.3, 0.4) is 0 Å². The van der Waals surface area contributed by atoms with Gasteiger partial charge >= 0.3 is 6.09 Å². The number of hydrogen-bond donors (Lipinski definition) is 2. The molecule has 1 heterocycles. The molecule has 1 amide bonds. The Balaban J connectivity index is 1.95. The number of amides is 1. The van der Waals surface area contributed by atoms with E-state index in [1.807, 2.05) is 57.2 Å². The molecule has 22 heavy (non-hydrogen) atoms. The summed E-state index contributed by atoms with van der Waals surface area (Å²) < 4.78 is 5.17. The van der Waals surface area contributed by atoms with E-state index in [0.29, 0.717) is 6.54 Å². The number of aromatic nitrogens is 1. The number of anilines is 1. The number of carbonyl (C=O) groups excluding carboxylic acids is 1. The summed E-state index contributed by atoms with van der Waals surface area (Å²) in [6.45, 7) is 5.81. The van der Waals surface area contributed by atoms with Crippen molar-refractivity contribution in [2.75, 3.05) is 5.73 Å². The van der Waals surface area contributed by atoms with Gasteiger partial charge in [0.2, 0.25) is 0 Å². The molecule has 0 saturated heterocycles. The van der Waals surface area contributed by atoms with Crippen molar-refractivity contribution in [3.8, 4) is 11.1 Å². The molecule has 3 N–H and O–H groups in total. The molecule has 0 spiro atoms. The van der Waals surface area contributed by atoms with Crippen molar-refractivity contribution in [2.45, 2.75) is 32.9 Å². The molecule has 0 bridgehead atoms. The first kappa shape index (κ1) is 15.8. The first-order valence-corrected chi connectivity index (χ1v) is 7.11. The van der Waals surface area contributed by atoms with Crippen molar-refractivity contribution in [3.63, 3.8) is 0 Å². The van der Waals surface area contributed by atoms with Gasteiger partial charge in [0.1, 0.15) is 5.60 Å². The van der Waals surface area contributed by atoms with E-state index in [0.717, 1.165) is 22.5 Å². The van der Waals surface area contributed by atoms with Gasteiger partial charge in [-0.2, -0.15) is 0 Å². The second-order valence-corrected chi connectivity index (χ2v) is 6.02. The fourth-order valence-electron chi connectivity index (χ4n) is 1.85. The zero-order chi connectivity index (χ0) is 16.2. The second kappa shape index (κ2) is 6.47. The van der Waals surface area contributed by atoms with Crippen LogP contribution in [0.2, 0.25) is 0 Å². The van der Waals surface area contributed by atoms with Crippen LogP contribution < -0.4 is 11.1 Å². The number of benzene rings is 1. The first-order valence-electron chi connectivity index (χ1n) is 7.11. The van der Waals surface area contributed by atoms with Crippen molar-refractivity contribution in [3.05, 3.63) is 48.3 Å². The molecule has 0 aliphatic rings. The maximum atomic E-state index is 11.6. The van der Waals surface area contributed by atoms with Gasteiger partial charge in [0, 0.05) is 17.4 Å². The van der Waals surface area contributed by atoms with Gasteiger partial charge in [-0.1, -0.05) is 18.2 Å². The van der Waals surface area contributed by atoms with Crippen LogP contribution in [-0.4, -0.2) is 16.7 Å². The maximum absolute atomic E-state index is 11.6. The van der Waals surface area contributed by atoms with Gasteiger partial charge in [-0.15, -0.1) is 0 Å². The van der Waals surface area contributed by atoms with E-state index in [1.54, 1.807) is 6.20 Å². The van der Waals surface area contributed by atoms with E-state index in [2.05, 4.69) is 10.3 Å². The number of hydrogen-bond acceptors (Lipinski definition) is 4. The van der Waals surface area contributed by atoms with Crippen LogP contribution in [0.4, 0.5) is 10.5 Å². The monoisotopic (exact) mass is 299 g/mol. The van der Waals surface area contributed by atoms with Gasteiger partial charge < -0.3 is 15.8 Å². The quantitative estimate of drug-likeness (QED) is 0.852. The summed E-state index contributed by atoms with van der Waals surface area (Å²) in [4.78, 5) is 15.9. The topological polar surface area (TPSA) is 77.2 Å². The van der Waals surface area contributed by atoms with Gasteiger partial charge in [0.05, 0.1) is 12.2 Å². The van der Waals surface area contributed by atoms with Crippen LogP contribution in [0, 0.1) is 0 Å². The Hall–Kier alpha value is -2.56. The van der Waals surface area contributed by atoms with Crippen LogP contribution in [-0.2, 0) is 11.3 Å². The maximum Gasteiger partial charge on any atom is 0.407 e. The summed E-state index contributed by atoms with van der Waals surface area (Å²) in [5.74, 6) is 0. The SMILES string of the molecule is CC(C)(C)OC(=O)NCc1ccc(-c2ccc(N)cc2)cn1. The van der Waals surface area contributed by atoms with Gasteiger partial charge in [-0.25, -0.2) is 4.79 Å². The highest BCUT2D eigenvalue weighted by Gasteiger charge is 2.15. The lowest BCUT2D eigenvalue weighted by atomic mass is 10.1. The minimum absolute atomic E-state index is 0.330. The number of pyridine rings is 1.